The van der Waals surface area contributed by atoms with Gasteiger partial charge in [0.05, 0.1) is 6.54 Å². The third-order valence-electron chi connectivity index (χ3n) is 2.15. The normalized spacial score (nSPS) is 9.65. The molecule has 0 aromatic heterocycles. The molecule has 1 rings (SSSR count). The van der Waals surface area contributed by atoms with Gasteiger partial charge in [-0.3, -0.25) is 9.69 Å². The van der Waals surface area contributed by atoms with Gasteiger partial charge in [-0.05, 0) is 18.5 Å². The molecule has 0 aliphatic heterocycles. The summed E-state index contributed by atoms with van der Waals surface area (Å²) in [4.78, 5) is 12.6. The summed E-state index contributed by atoms with van der Waals surface area (Å²) in [7, 11) is 0. The van der Waals surface area contributed by atoms with Gasteiger partial charge in [0, 0.05) is 6.54 Å². The Balaban J connectivity index is 0.00000121. The summed E-state index contributed by atoms with van der Waals surface area (Å²) in [5.74, 6) is -0.764. The Bertz CT molecular complexity index is 298. The van der Waals surface area contributed by atoms with E-state index in [1.54, 1.807) is 0 Å². The van der Waals surface area contributed by atoms with Gasteiger partial charge >= 0.3 is 5.97 Å². The zero-order chi connectivity index (χ0) is 13.1. The molecule has 1 aromatic rings. The lowest BCUT2D eigenvalue weighted by molar-refractivity contribution is -0.138. The summed E-state index contributed by atoms with van der Waals surface area (Å²) in [6.07, 6.45) is 0.972. The molecule has 1 N–H and O–H groups in total. The third kappa shape index (κ3) is 7.53. The molecule has 0 radical (unpaired) electrons. The lowest BCUT2D eigenvalue weighted by Crippen LogP contribution is -2.29. The minimum atomic E-state index is -0.764. The molecular formula is C14H23NO2. The summed E-state index contributed by atoms with van der Waals surface area (Å²) in [6, 6.07) is 9.94. The quantitative estimate of drug-likeness (QED) is 0.826. The van der Waals surface area contributed by atoms with E-state index in [9.17, 15) is 4.79 Å². The largest absolute Gasteiger partial charge is 0.480 e. The van der Waals surface area contributed by atoms with Gasteiger partial charge in [-0.2, -0.15) is 0 Å². The molecule has 0 spiro atoms. The second kappa shape index (κ2) is 9.85. The van der Waals surface area contributed by atoms with Crippen LogP contribution in [0.25, 0.3) is 0 Å². The van der Waals surface area contributed by atoms with Crippen LogP contribution in [0.15, 0.2) is 30.3 Å². The van der Waals surface area contributed by atoms with E-state index in [1.807, 2.05) is 49.1 Å². The van der Waals surface area contributed by atoms with Crippen LogP contribution in [0, 0.1) is 0 Å². The highest BCUT2D eigenvalue weighted by Crippen LogP contribution is 2.04. The van der Waals surface area contributed by atoms with Crippen LogP contribution in [-0.4, -0.2) is 29.1 Å². The van der Waals surface area contributed by atoms with E-state index in [0.29, 0.717) is 6.54 Å². The van der Waals surface area contributed by atoms with Crippen molar-refractivity contribution in [2.45, 2.75) is 33.7 Å². The van der Waals surface area contributed by atoms with Crippen LogP contribution in [0.2, 0.25) is 0 Å². The van der Waals surface area contributed by atoms with Gasteiger partial charge in [0.25, 0.3) is 0 Å². The number of nitrogens with zero attached hydrogens (tertiary/aromatic N) is 1. The van der Waals surface area contributed by atoms with E-state index in [0.717, 1.165) is 18.5 Å². The SMILES string of the molecule is CC.CCCN(CC(=O)O)Cc1ccccc1. The summed E-state index contributed by atoms with van der Waals surface area (Å²) in [5.41, 5.74) is 1.16. The minimum absolute atomic E-state index is 0.114. The first-order chi connectivity index (χ1) is 8.22. The second-order valence-electron chi connectivity index (χ2n) is 3.59. The van der Waals surface area contributed by atoms with Crippen molar-refractivity contribution >= 4 is 5.97 Å². The van der Waals surface area contributed by atoms with Crippen molar-refractivity contribution in [3.63, 3.8) is 0 Å². The Kier molecular flexibility index (Phi) is 9.06. The average molecular weight is 237 g/mol. The predicted octanol–water partition coefficient (Wildman–Crippen LogP) is 3.01. The standard InChI is InChI=1S/C12H17NO2.C2H6/c1-2-8-13(10-12(14)15)9-11-6-4-3-5-7-11;1-2/h3-7H,2,8-10H2,1H3,(H,14,15);1-2H3. The highest BCUT2D eigenvalue weighted by Gasteiger charge is 2.08. The Morgan fingerprint density at radius 1 is 1.24 bits per heavy atom. The predicted molar refractivity (Wildman–Crippen MR) is 71.0 cm³/mol. The molecule has 3 nitrogen and oxygen atoms in total. The van der Waals surface area contributed by atoms with E-state index >= 15 is 0 Å². The Morgan fingerprint density at radius 2 is 1.82 bits per heavy atom. The summed E-state index contributed by atoms with van der Waals surface area (Å²) >= 11 is 0. The average Bonchev–Trinajstić information content (AvgIpc) is 2.32. The molecule has 17 heavy (non-hydrogen) atoms. The van der Waals surface area contributed by atoms with Crippen molar-refractivity contribution in [1.82, 2.24) is 4.90 Å². The highest BCUT2D eigenvalue weighted by atomic mass is 16.4. The van der Waals surface area contributed by atoms with Gasteiger partial charge in [-0.1, -0.05) is 51.1 Å². The zero-order valence-corrected chi connectivity index (χ0v) is 11.0. The molecule has 0 aliphatic rings. The molecule has 0 aliphatic carbocycles. The molecular weight excluding hydrogens is 214 g/mol. The monoisotopic (exact) mass is 237 g/mol. The molecule has 0 unspecified atom stereocenters. The maximum Gasteiger partial charge on any atom is 0.317 e. The number of hydrogen-bond donors (Lipinski definition) is 1. The first kappa shape index (κ1) is 15.7. The van der Waals surface area contributed by atoms with Crippen molar-refractivity contribution < 1.29 is 9.90 Å². The number of carbonyl (C=O) groups is 1. The molecule has 0 atom stereocenters. The number of carboxylic acids is 1. The van der Waals surface area contributed by atoms with Crippen LogP contribution in [0.5, 0.6) is 0 Å². The Hall–Kier alpha value is -1.35. The van der Waals surface area contributed by atoms with Gasteiger partial charge in [-0.25, -0.2) is 0 Å². The van der Waals surface area contributed by atoms with Crippen LogP contribution < -0.4 is 0 Å². The van der Waals surface area contributed by atoms with Gasteiger partial charge < -0.3 is 5.11 Å². The van der Waals surface area contributed by atoms with Gasteiger partial charge in [0.15, 0.2) is 0 Å². The highest BCUT2D eigenvalue weighted by molar-refractivity contribution is 5.69. The second-order valence-corrected chi connectivity index (χ2v) is 3.59. The molecule has 3 heteroatoms. The zero-order valence-electron chi connectivity index (χ0n) is 11.0. The molecule has 0 saturated carbocycles. The van der Waals surface area contributed by atoms with Crippen molar-refractivity contribution in [1.29, 1.82) is 0 Å². The van der Waals surface area contributed by atoms with Crippen LogP contribution >= 0.6 is 0 Å². The number of rotatable bonds is 6. The number of carboxylic acid groups (broad SMARTS) is 1. The molecule has 96 valence electrons. The molecule has 0 saturated heterocycles. The van der Waals surface area contributed by atoms with Crippen LogP contribution in [0.4, 0.5) is 0 Å². The van der Waals surface area contributed by atoms with Gasteiger partial charge in [-0.15, -0.1) is 0 Å². The maximum atomic E-state index is 10.6. The summed E-state index contributed by atoms with van der Waals surface area (Å²) < 4.78 is 0. The topological polar surface area (TPSA) is 40.5 Å². The van der Waals surface area contributed by atoms with E-state index in [-0.39, 0.29) is 6.54 Å². The summed E-state index contributed by atoms with van der Waals surface area (Å²) in [5, 5.41) is 8.75. The van der Waals surface area contributed by atoms with E-state index in [1.165, 1.54) is 0 Å². The van der Waals surface area contributed by atoms with Crippen LogP contribution in [0.3, 0.4) is 0 Å². The maximum absolute atomic E-state index is 10.6. The molecule has 0 heterocycles. The van der Waals surface area contributed by atoms with Crippen molar-refractivity contribution in [3.05, 3.63) is 35.9 Å². The number of hydrogen-bond acceptors (Lipinski definition) is 2. The van der Waals surface area contributed by atoms with Gasteiger partial charge in [0.1, 0.15) is 0 Å². The first-order valence-electron chi connectivity index (χ1n) is 6.20. The molecule has 0 amide bonds. The fraction of sp³-hybridized carbons (Fsp3) is 0.500. The fourth-order valence-corrected chi connectivity index (χ4v) is 1.56. The molecule has 0 bridgehead atoms. The van der Waals surface area contributed by atoms with E-state index in [4.69, 9.17) is 5.11 Å². The number of aliphatic carboxylic acids is 1. The molecule has 0 fully saturated rings. The lowest BCUT2D eigenvalue weighted by Gasteiger charge is -2.19. The molecule has 1 aromatic carbocycles. The van der Waals surface area contributed by atoms with E-state index in [2.05, 4.69) is 6.92 Å². The fourth-order valence-electron chi connectivity index (χ4n) is 1.56. The number of benzene rings is 1. The van der Waals surface area contributed by atoms with Crippen molar-refractivity contribution in [2.75, 3.05) is 13.1 Å². The van der Waals surface area contributed by atoms with Crippen LogP contribution in [-0.2, 0) is 11.3 Å². The Morgan fingerprint density at radius 3 is 2.29 bits per heavy atom. The Labute approximate surface area is 104 Å². The van der Waals surface area contributed by atoms with Crippen LogP contribution in [0.1, 0.15) is 32.8 Å². The van der Waals surface area contributed by atoms with E-state index < -0.39 is 5.97 Å². The lowest BCUT2D eigenvalue weighted by atomic mass is 10.2. The summed E-state index contributed by atoms with van der Waals surface area (Å²) in [6.45, 7) is 7.70. The third-order valence-corrected chi connectivity index (χ3v) is 2.15. The van der Waals surface area contributed by atoms with Gasteiger partial charge in [0.2, 0.25) is 0 Å². The van der Waals surface area contributed by atoms with Crippen molar-refractivity contribution in [2.24, 2.45) is 0 Å². The minimum Gasteiger partial charge on any atom is -0.480 e. The first-order valence-corrected chi connectivity index (χ1v) is 6.20. The smallest absolute Gasteiger partial charge is 0.317 e. The van der Waals surface area contributed by atoms with Crippen molar-refractivity contribution in [3.8, 4) is 0 Å².